The molecule has 2 N–H and O–H groups in total. The number of aromatic nitrogens is 2. The molecule has 0 bridgehead atoms. The monoisotopic (exact) mass is 420 g/mol. The first kappa shape index (κ1) is 20.9. The van der Waals surface area contributed by atoms with Gasteiger partial charge in [0.05, 0.1) is 17.3 Å². The highest BCUT2D eigenvalue weighted by Crippen LogP contribution is 2.26. The Morgan fingerprint density at radius 3 is 2.93 bits per heavy atom. The van der Waals surface area contributed by atoms with Crippen molar-refractivity contribution in [3.8, 4) is 0 Å². The van der Waals surface area contributed by atoms with Crippen molar-refractivity contribution in [1.82, 2.24) is 20.6 Å². The molecular weight excluding hydrogens is 392 g/mol. The average Bonchev–Trinajstić information content (AvgIpc) is 3.29. The van der Waals surface area contributed by atoms with Crippen LogP contribution in [0.4, 0.5) is 5.82 Å². The van der Waals surface area contributed by atoms with Crippen LogP contribution in [0, 0.1) is 0 Å². The highest BCUT2D eigenvalue weighted by Gasteiger charge is 2.25. The molecule has 0 aromatic carbocycles. The summed E-state index contributed by atoms with van der Waals surface area (Å²) in [6.07, 6.45) is 2.80. The number of hydrogen-bond donors (Lipinski definition) is 2. The molecule has 152 valence electrons. The summed E-state index contributed by atoms with van der Waals surface area (Å²) in [4.78, 5) is 16.1. The predicted molar refractivity (Wildman–Crippen MR) is 119 cm³/mol. The van der Waals surface area contributed by atoms with Gasteiger partial charge >= 0.3 is 0 Å². The van der Waals surface area contributed by atoms with Crippen LogP contribution in [0.1, 0.15) is 44.8 Å². The van der Waals surface area contributed by atoms with Gasteiger partial charge in [0.2, 0.25) is 0 Å². The number of nitrogens with zero attached hydrogens (tertiary/aromatic N) is 4. The van der Waals surface area contributed by atoms with Crippen LogP contribution in [-0.2, 0) is 12.0 Å². The largest absolute Gasteiger partial charge is 0.357 e. The summed E-state index contributed by atoms with van der Waals surface area (Å²) in [5.41, 5.74) is 1.20. The van der Waals surface area contributed by atoms with Crippen molar-refractivity contribution < 1.29 is 0 Å². The van der Waals surface area contributed by atoms with Crippen LogP contribution in [0.3, 0.4) is 0 Å². The summed E-state index contributed by atoms with van der Waals surface area (Å²) < 4.78 is 0. The van der Waals surface area contributed by atoms with Crippen molar-refractivity contribution in [1.29, 1.82) is 0 Å². The number of anilines is 1. The Morgan fingerprint density at radius 1 is 1.43 bits per heavy atom. The van der Waals surface area contributed by atoms with Gasteiger partial charge in [-0.05, 0) is 25.5 Å². The molecule has 0 saturated carbocycles. The fourth-order valence-electron chi connectivity index (χ4n) is 3.07. The minimum Gasteiger partial charge on any atom is -0.357 e. The van der Waals surface area contributed by atoms with E-state index in [4.69, 9.17) is 21.6 Å². The summed E-state index contributed by atoms with van der Waals surface area (Å²) in [5, 5.41) is 10.8. The molecule has 6 nitrogen and oxygen atoms in total. The van der Waals surface area contributed by atoms with Crippen molar-refractivity contribution in [3.05, 3.63) is 39.4 Å². The van der Waals surface area contributed by atoms with Gasteiger partial charge in [-0.1, -0.05) is 32.4 Å². The Morgan fingerprint density at radius 2 is 2.25 bits per heavy atom. The molecule has 3 heterocycles. The SMILES string of the molecule is CCNC(=NCc1nc(C(C)(C)C)cs1)NC1CCN(c2ncccc2Cl)C1. The number of rotatable bonds is 5. The van der Waals surface area contributed by atoms with E-state index in [1.807, 2.05) is 12.1 Å². The Labute approximate surface area is 176 Å². The zero-order valence-electron chi connectivity index (χ0n) is 17.0. The van der Waals surface area contributed by atoms with Gasteiger partial charge in [-0.25, -0.2) is 15.0 Å². The molecule has 1 unspecified atom stereocenters. The third-order valence-electron chi connectivity index (χ3n) is 4.60. The van der Waals surface area contributed by atoms with Crippen molar-refractivity contribution in [2.75, 3.05) is 24.5 Å². The van der Waals surface area contributed by atoms with E-state index >= 15 is 0 Å². The van der Waals surface area contributed by atoms with Crippen LogP contribution >= 0.6 is 22.9 Å². The molecule has 0 amide bonds. The third-order valence-corrected chi connectivity index (χ3v) is 5.73. The van der Waals surface area contributed by atoms with Crippen molar-refractivity contribution >= 4 is 34.7 Å². The first-order chi connectivity index (χ1) is 13.4. The molecule has 28 heavy (non-hydrogen) atoms. The van der Waals surface area contributed by atoms with E-state index in [-0.39, 0.29) is 5.41 Å². The van der Waals surface area contributed by atoms with Gasteiger partial charge in [-0.2, -0.15) is 0 Å². The molecule has 3 rings (SSSR count). The smallest absolute Gasteiger partial charge is 0.191 e. The number of pyridine rings is 1. The lowest BCUT2D eigenvalue weighted by atomic mass is 9.93. The van der Waals surface area contributed by atoms with Crippen molar-refractivity contribution in [2.45, 2.75) is 52.1 Å². The molecule has 2 aromatic heterocycles. The number of nitrogens with one attached hydrogen (secondary N) is 2. The summed E-state index contributed by atoms with van der Waals surface area (Å²) in [6, 6.07) is 4.05. The van der Waals surface area contributed by atoms with Gasteiger partial charge in [0.25, 0.3) is 0 Å². The minimum absolute atomic E-state index is 0.0707. The molecule has 0 radical (unpaired) electrons. The fraction of sp³-hybridized carbons (Fsp3) is 0.550. The van der Waals surface area contributed by atoms with Crippen LogP contribution in [0.2, 0.25) is 5.02 Å². The molecule has 1 fully saturated rings. The van der Waals surface area contributed by atoms with Crippen LogP contribution in [0.25, 0.3) is 0 Å². The standard InChI is InChI=1S/C20H29ClN6S/c1-5-22-19(24-11-17-26-16(13-28-17)20(2,3)4)25-14-8-10-27(12-14)18-15(21)7-6-9-23-18/h6-7,9,13-14H,5,8,10-12H2,1-4H3,(H2,22,24,25). The van der Waals surface area contributed by atoms with Gasteiger partial charge in [0.15, 0.2) is 5.96 Å². The number of guanidine groups is 1. The second kappa shape index (κ2) is 9.09. The maximum atomic E-state index is 6.29. The molecule has 1 aliphatic heterocycles. The first-order valence-electron chi connectivity index (χ1n) is 9.72. The number of aliphatic imine (C=N–C) groups is 1. The maximum Gasteiger partial charge on any atom is 0.191 e. The van der Waals surface area contributed by atoms with E-state index in [2.05, 4.69) is 53.6 Å². The normalized spacial score (nSPS) is 17.8. The van der Waals surface area contributed by atoms with Crippen LogP contribution in [0.5, 0.6) is 0 Å². The third kappa shape index (κ3) is 5.35. The van der Waals surface area contributed by atoms with E-state index in [1.54, 1.807) is 17.5 Å². The molecule has 2 aromatic rings. The summed E-state index contributed by atoms with van der Waals surface area (Å²) in [5.74, 6) is 1.68. The molecule has 1 saturated heterocycles. The Bertz CT molecular complexity index is 813. The van der Waals surface area contributed by atoms with Gasteiger partial charge in [-0.15, -0.1) is 11.3 Å². The van der Waals surface area contributed by atoms with Gasteiger partial charge in [0.1, 0.15) is 10.8 Å². The summed E-state index contributed by atoms with van der Waals surface area (Å²) in [7, 11) is 0. The lowest BCUT2D eigenvalue weighted by molar-refractivity contribution is 0.571. The molecule has 1 atom stereocenters. The predicted octanol–water partition coefficient (Wildman–Crippen LogP) is 3.82. The maximum absolute atomic E-state index is 6.29. The second-order valence-corrected chi connectivity index (χ2v) is 9.31. The molecule has 8 heteroatoms. The van der Waals surface area contributed by atoms with E-state index in [1.165, 1.54) is 0 Å². The van der Waals surface area contributed by atoms with Crippen molar-refractivity contribution in [3.63, 3.8) is 0 Å². The fourth-order valence-corrected chi connectivity index (χ4v) is 4.25. The number of halogens is 1. The van der Waals surface area contributed by atoms with E-state index < -0.39 is 0 Å². The Kier molecular flexibility index (Phi) is 6.78. The second-order valence-electron chi connectivity index (χ2n) is 7.96. The zero-order valence-corrected chi connectivity index (χ0v) is 18.6. The lowest BCUT2D eigenvalue weighted by Crippen LogP contribution is -2.44. The molecule has 0 spiro atoms. The summed E-state index contributed by atoms with van der Waals surface area (Å²) >= 11 is 7.97. The quantitative estimate of drug-likeness (QED) is 0.568. The average molecular weight is 421 g/mol. The van der Waals surface area contributed by atoms with E-state index in [9.17, 15) is 0 Å². The first-order valence-corrected chi connectivity index (χ1v) is 11.0. The van der Waals surface area contributed by atoms with Gasteiger partial charge in [0, 0.05) is 42.7 Å². The highest BCUT2D eigenvalue weighted by molar-refractivity contribution is 7.09. The van der Waals surface area contributed by atoms with E-state index in [0.717, 1.165) is 48.5 Å². The molecular formula is C20H29ClN6S. The Hall–Kier alpha value is -1.86. The lowest BCUT2D eigenvalue weighted by Gasteiger charge is -2.20. The zero-order chi connectivity index (χ0) is 20.1. The van der Waals surface area contributed by atoms with Gasteiger partial charge < -0.3 is 15.5 Å². The number of hydrogen-bond acceptors (Lipinski definition) is 5. The van der Waals surface area contributed by atoms with Crippen LogP contribution in [-0.4, -0.2) is 41.6 Å². The topological polar surface area (TPSA) is 65.4 Å². The Balaban J connectivity index is 1.61. The van der Waals surface area contributed by atoms with Crippen LogP contribution in [0.15, 0.2) is 28.7 Å². The van der Waals surface area contributed by atoms with Crippen LogP contribution < -0.4 is 15.5 Å². The molecule has 0 aliphatic carbocycles. The van der Waals surface area contributed by atoms with E-state index in [0.29, 0.717) is 17.6 Å². The van der Waals surface area contributed by atoms with Crippen molar-refractivity contribution in [2.24, 2.45) is 4.99 Å². The molecule has 1 aliphatic rings. The highest BCUT2D eigenvalue weighted by atomic mass is 35.5. The number of thiazole rings is 1. The summed E-state index contributed by atoms with van der Waals surface area (Å²) in [6.45, 7) is 11.8. The minimum atomic E-state index is 0.0707. The van der Waals surface area contributed by atoms with Gasteiger partial charge in [-0.3, -0.25) is 0 Å².